The quantitative estimate of drug-likeness (QED) is 0.589. The van der Waals surface area contributed by atoms with Crippen molar-refractivity contribution in [3.63, 3.8) is 0 Å². The van der Waals surface area contributed by atoms with E-state index in [2.05, 4.69) is 5.43 Å². The summed E-state index contributed by atoms with van der Waals surface area (Å²) in [6.45, 7) is 0.994. The molecule has 1 N–H and O–H groups in total. The predicted octanol–water partition coefficient (Wildman–Crippen LogP) is 3.66. The predicted molar refractivity (Wildman–Crippen MR) is 111 cm³/mol. The van der Waals surface area contributed by atoms with Crippen LogP contribution in [0.4, 0.5) is 0 Å². The zero-order valence-corrected chi connectivity index (χ0v) is 16.7. The molecular formula is C19H13ClN2O4S2. The van der Waals surface area contributed by atoms with Gasteiger partial charge in [-0.15, -0.1) is 0 Å². The Balaban J connectivity index is 1.51. The van der Waals surface area contributed by atoms with E-state index < -0.39 is 11.8 Å². The van der Waals surface area contributed by atoms with Gasteiger partial charge in [0.2, 0.25) is 0 Å². The number of hydrazine groups is 1. The molecule has 2 aliphatic heterocycles. The maximum atomic E-state index is 12.7. The van der Waals surface area contributed by atoms with Gasteiger partial charge < -0.3 is 9.47 Å². The number of nitrogens with zero attached hydrogens (tertiary/aromatic N) is 1. The number of carbonyl (C=O) groups is 2. The van der Waals surface area contributed by atoms with E-state index in [9.17, 15) is 9.59 Å². The number of ether oxygens (including phenoxy) is 2. The lowest BCUT2D eigenvalue weighted by Gasteiger charge is -2.18. The molecule has 2 aromatic carbocycles. The molecule has 6 nitrogen and oxygen atoms in total. The van der Waals surface area contributed by atoms with Crippen molar-refractivity contribution in [3.8, 4) is 11.5 Å². The lowest BCUT2D eigenvalue weighted by molar-refractivity contribution is -0.123. The Morgan fingerprint density at radius 3 is 2.61 bits per heavy atom. The highest BCUT2D eigenvalue weighted by Crippen LogP contribution is 2.35. The maximum Gasteiger partial charge on any atom is 0.285 e. The van der Waals surface area contributed by atoms with E-state index in [4.69, 9.17) is 33.3 Å². The summed E-state index contributed by atoms with van der Waals surface area (Å²) in [6.07, 6.45) is 1.70. The Morgan fingerprint density at radius 1 is 1.14 bits per heavy atom. The van der Waals surface area contributed by atoms with Crippen LogP contribution in [0.25, 0.3) is 6.08 Å². The molecule has 1 fully saturated rings. The van der Waals surface area contributed by atoms with Gasteiger partial charge in [-0.25, -0.2) is 0 Å². The molecule has 0 radical (unpaired) electrons. The molecule has 1 saturated heterocycles. The summed E-state index contributed by atoms with van der Waals surface area (Å²) in [4.78, 5) is 25.5. The molecule has 142 valence electrons. The average Bonchev–Trinajstić information content (AvgIpc) is 2.95. The molecule has 9 heteroatoms. The number of rotatable bonds is 3. The topological polar surface area (TPSA) is 67.9 Å². The zero-order chi connectivity index (χ0) is 19.7. The fraction of sp³-hybridized carbons (Fsp3) is 0.105. The lowest BCUT2D eigenvalue weighted by atomic mass is 10.1. The van der Waals surface area contributed by atoms with Crippen molar-refractivity contribution in [2.45, 2.75) is 0 Å². The van der Waals surface area contributed by atoms with E-state index in [0.717, 1.165) is 22.3 Å². The third-order valence-electron chi connectivity index (χ3n) is 3.98. The minimum Gasteiger partial charge on any atom is -0.486 e. The second kappa shape index (κ2) is 7.83. The Labute approximate surface area is 175 Å². The Hall–Kier alpha value is -2.55. The van der Waals surface area contributed by atoms with Crippen LogP contribution in [0, 0.1) is 0 Å². The number of thiocarbonyl (C=S) groups is 1. The highest BCUT2D eigenvalue weighted by molar-refractivity contribution is 8.26. The summed E-state index contributed by atoms with van der Waals surface area (Å²) in [7, 11) is 0. The van der Waals surface area contributed by atoms with Gasteiger partial charge >= 0.3 is 0 Å². The molecule has 4 rings (SSSR count). The molecule has 0 aliphatic carbocycles. The van der Waals surface area contributed by atoms with E-state index >= 15 is 0 Å². The van der Waals surface area contributed by atoms with Gasteiger partial charge in [-0.1, -0.05) is 29.4 Å². The van der Waals surface area contributed by atoms with E-state index in [1.54, 1.807) is 42.5 Å². The van der Waals surface area contributed by atoms with E-state index in [-0.39, 0.29) is 4.32 Å². The van der Waals surface area contributed by atoms with Gasteiger partial charge in [0.25, 0.3) is 11.8 Å². The van der Waals surface area contributed by atoms with Crippen LogP contribution in [0.1, 0.15) is 15.9 Å². The number of amides is 2. The first-order chi connectivity index (χ1) is 13.5. The van der Waals surface area contributed by atoms with Crippen molar-refractivity contribution in [1.82, 2.24) is 10.4 Å². The smallest absolute Gasteiger partial charge is 0.285 e. The zero-order valence-electron chi connectivity index (χ0n) is 14.3. The van der Waals surface area contributed by atoms with E-state index in [1.807, 2.05) is 6.07 Å². The van der Waals surface area contributed by atoms with Crippen molar-refractivity contribution in [2.24, 2.45) is 0 Å². The van der Waals surface area contributed by atoms with Gasteiger partial charge in [0.05, 0.1) is 4.91 Å². The number of nitrogens with one attached hydrogen (secondary N) is 1. The lowest BCUT2D eigenvalue weighted by Crippen LogP contribution is -2.44. The van der Waals surface area contributed by atoms with Crippen LogP contribution in [0.2, 0.25) is 5.02 Å². The highest BCUT2D eigenvalue weighted by Gasteiger charge is 2.33. The third kappa shape index (κ3) is 3.84. The van der Waals surface area contributed by atoms with Crippen molar-refractivity contribution in [1.29, 1.82) is 0 Å². The van der Waals surface area contributed by atoms with Gasteiger partial charge in [0.1, 0.15) is 13.2 Å². The standard InChI is InChI=1S/C19H13ClN2O4S2/c20-13-4-2-12(3-5-13)17(23)21-22-18(24)16(28-19(22)27)10-11-1-6-14-15(9-11)26-8-7-25-14/h1-6,9-10H,7-8H2,(H,21,23). The summed E-state index contributed by atoms with van der Waals surface area (Å²) >= 11 is 12.2. The van der Waals surface area contributed by atoms with Crippen LogP contribution in [-0.2, 0) is 4.79 Å². The molecular weight excluding hydrogens is 420 g/mol. The van der Waals surface area contributed by atoms with E-state index in [1.165, 1.54) is 0 Å². The van der Waals surface area contributed by atoms with Gasteiger partial charge in [-0.3, -0.25) is 15.0 Å². The molecule has 0 bridgehead atoms. The molecule has 2 amide bonds. The maximum absolute atomic E-state index is 12.7. The summed E-state index contributed by atoms with van der Waals surface area (Å²) in [5, 5.41) is 1.59. The second-order valence-electron chi connectivity index (χ2n) is 5.87. The highest BCUT2D eigenvalue weighted by atomic mass is 35.5. The Bertz CT molecular complexity index is 1010. The number of fused-ring (bicyclic) bond motifs is 1. The van der Waals surface area contributed by atoms with Crippen LogP contribution >= 0.6 is 35.6 Å². The van der Waals surface area contributed by atoms with Crippen molar-refractivity contribution in [3.05, 3.63) is 63.5 Å². The van der Waals surface area contributed by atoms with Gasteiger partial charge in [0.15, 0.2) is 15.8 Å². The van der Waals surface area contributed by atoms with Crippen molar-refractivity contribution < 1.29 is 19.1 Å². The normalized spacial score (nSPS) is 17.2. The first-order valence-electron chi connectivity index (χ1n) is 8.25. The van der Waals surface area contributed by atoms with Gasteiger partial charge in [-0.05, 0) is 60.3 Å². The number of hydrogen-bond acceptors (Lipinski definition) is 6. The third-order valence-corrected chi connectivity index (χ3v) is 5.53. The number of benzene rings is 2. The minimum atomic E-state index is -0.450. The molecule has 0 atom stereocenters. The summed E-state index contributed by atoms with van der Waals surface area (Å²) in [6, 6.07) is 11.8. The molecule has 0 unspecified atom stereocenters. The molecule has 2 aromatic rings. The van der Waals surface area contributed by atoms with Crippen LogP contribution < -0.4 is 14.9 Å². The monoisotopic (exact) mass is 432 g/mol. The second-order valence-corrected chi connectivity index (χ2v) is 7.98. The van der Waals surface area contributed by atoms with Crippen LogP contribution in [0.5, 0.6) is 11.5 Å². The van der Waals surface area contributed by atoms with Crippen LogP contribution in [0.3, 0.4) is 0 Å². The van der Waals surface area contributed by atoms with Crippen LogP contribution in [-0.4, -0.2) is 34.4 Å². The Kier molecular flexibility index (Phi) is 5.25. The molecule has 28 heavy (non-hydrogen) atoms. The molecule has 0 spiro atoms. The molecule has 2 heterocycles. The summed E-state index contributed by atoms with van der Waals surface area (Å²) in [5.41, 5.74) is 3.68. The number of hydrogen-bond donors (Lipinski definition) is 1. The fourth-order valence-electron chi connectivity index (χ4n) is 2.63. The van der Waals surface area contributed by atoms with Crippen LogP contribution in [0.15, 0.2) is 47.4 Å². The minimum absolute atomic E-state index is 0.246. The Morgan fingerprint density at radius 2 is 1.86 bits per heavy atom. The fourth-order valence-corrected chi connectivity index (χ4v) is 3.94. The summed E-state index contributed by atoms with van der Waals surface area (Å²) < 4.78 is 11.3. The SMILES string of the molecule is O=C(NN1C(=O)C(=Cc2ccc3c(c2)OCCO3)SC1=S)c1ccc(Cl)cc1. The van der Waals surface area contributed by atoms with Crippen molar-refractivity contribution >= 4 is 57.8 Å². The number of thioether (sulfide) groups is 1. The first kappa shape index (κ1) is 18.8. The van der Waals surface area contributed by atoms with E-state index in [0.29, 0.717) is 40.2 Å². The van der Waals surface area contributed by atoms with Gasteiger partial charge in [-0.2, -0.15) is 5.01 Å². The average molecular weight is 433 g/mol. The first-order valence-corrected chi connectivity index (χ1v) is 9.86. The number of carbonyl (C=O) groups excluding carboxylic acids is 2. The molecule has 0 saturated carbocycles. The van der Waals surface area contributed by atoms with Gasteiger partial charge in [0, 0.05) is 10.6 Å². The largest absolute Gasteiger partial charge is 0.486 e. The number of halogens is 1. The van der Waals surface area contributed by atoms with Crippen molar-refractivity contribution in [2.75, 3.05) is 13.2 Å². The molecule has 2 aliphatic rings. The summed E-state index contributed by atoms with van der Waals surface area (Å²) in [5.74, 6) is 0.457. The molecule has 0 aromatic heterocycles.